The van der Waals surface area contributed by atoms with E-state index in [1.54, 1.807) is 24.3 Å². The zero-order valence-corrected chi connectivity index (χ0v) is 15.1. The van der Waals surface area contributed by atoms with Crippen LogP contribution in [-0.2, 0) is 5.41 Å². The molecular weight excluding hydrogens is 336 g/mol. The number of fused-ring (bicyclic) bond motifs is 1. The number of benzene rings is 1. The quantitative estimate of drug-likeness (QED) is 0.716. The Morgan fingerprint density at radius 1 is 1.27 bits per heavy atom. The monoisotopic (exact) mass is 356 g/mol. The third kappa shape index (κ3) is 3.46. The van der Waals surface area contributed by atoms with Crippen LogP contribution in [0.1, 0.15) is 43.8 Å². The largest absolute Gasteiger partial charge is 0.493 e. The van der Waals surface area contributed by atoms with Gasteiger partial charge in [0.05, 0.1) is 12.0 Å². The highest BCUT2D eigenvalue weighted by Crippen LogP contribution is 2.26. The molecule has 0 radical (unpaired) electrons. The average Bonchev–Trinajstić information content (AvgIpc) is 3.03. The molecule has 1 amide bonds. The van der Waals surface area contributed by atoms with Gasteiger partial charge in [-0.2, -0.15) is 0 Å². The first-order valence-corrected chi connectivity index (χ1v) is 8.28. The molecule has 0 atom stereocenters. The Labute approximate surface area is 149 Å². The lowest BCUT2D eigenvalue weighted by Crippen LogP contribution is -2.21. The van der Waals surface area contributed by atoms with Crippen LogP contribution < -0.4 is 15.7 Å². The van der Waals surface area contributed by atoms with E-state index < -0.39 is 11.5 Å². The molecule has 136 valence electrons. The zero-order valence-electron chi connectivity index (χ0n) is 15.1. The first-order chi connectivity index (χ1) is 12.3. The third-order valence-electron chi connectivity index (χ3n) is 3.77. The predicted molar refractivity (Wildman–Crippen MR) is 96.8 cm³/mol. The molecule has 7 nitrogen and oxygen atoms in total. The fourth-order valence-corrected chi connectivity index (χ4v) is 2.42. The molecule has 3 aromatic rings. The number of nitrogens with one attached hydrogen (secondary N) is 1. The first kappa shape index (κ1) is 17.7. The summed E-state index contributed by atoms with van der Waals surface area (Å²) in [7, 11) is 0. The van der Waals surface area contributed by atoms with Gasteiger partial charge in [-0.05, 0) is 25.1 Å². The summed E-state index contributed by atoms with van der Waals surface area (Å²) in [6, 6.07) is 8.22. The normalized spacial score (nSPS) is 11.5. The van der Waals surface area contributed by atoms with Crippen LogP contribution in [0.25, 0.3) is 11.0 Å². The van der Waals surface area contributed by atoms with Crippen LogP contribution in [0.3, 0.4) is 0 Å². The van der Waals surface area contributed by atoms with Gasteiger partial charge in [0.15, 0.2) is 5.82 Å². The van der Waals surface area contributed by atoms with Crippen molar-refractivity contribution in [2.45, 2.75) is 33.1 Å². The Bertz CT molecular complexity index is 1010. The minimum Gasteiger partial charge on any atom is -0.493 e. The molecule has 1 N–H and O–H groups in total. The van der Waals surface area contributed by atoms with E-state index in [2.05, 4.69) is 10.5 Å². The van der Waals surface area contributed by atoms with Gasteiger partial charge in [0.2, 0.25) is 0 Å². The van der Waals surface area contributed by atoms with E-state index in [1.807, 2.05) is 27.7 Å². The van der Waals surface area contributed by atoms with Crippen LogP contribution >= 0.6 is 0 Å². The molecule has 0 saturated carbocycles. The summed E-state index contributed by atoms with van der Waals surface area (Å²) in [5.74, 6) is 0.773. The van der Waals surface area contributed by atoms with Crippen molar-refractivity contribution in [3.8, 4) is 5.75 Å². The summed E-state index contributed by atoms with van der Waals surface area (Å²) in [5, 5.41) is 6.94. The van der Waals surface area contributed by atoms with Gasteiger partial charge in [0.25, 0.3) is 5.91 Å². The topological polar surface area (TPSA) is 94.6 Å². The lowest BCUT2D eigenvalue weighted by Gasteiger charge is -2.12. The van der Waals surface area contributed by atoms with E-state index in [0.717, 1.165) is 0 Å². The van der Waals surface area contributed by atoms with Gasteiger partial charge in [-0.15, -0.1) is 0 Å². The van der Waals surface area contributed by atoms with Crippen LogP contribution in [0.4, 0.5) is 5.82 Å². The van der Waals surface area contributed by atoms with Gasteiger partial charge in [0.1, 0.15) is 22.7 Å². The first-order valence-electron chi connectivity index (χ1n) is 8.28. The molecule has 0 fully saturated rings. The molecule has 0 aliphatic carbocycles. The molecule has 7 heteroatoms. The van der Waals surface area contributed by atoms with Gasteiger partial charge in [-0.3, -0.25) is 4.79 Å². The number of anilines is 1. The Morgan fingerprint density at radius 2 is 2.04 bits per heavy atom. The van der Waals surface area contributed by atoms with E-state index in [1.165, 1.54) is 6.07 Å². The van der Waals surface area contributed by atoms with Crippen molar-refractivity contribution in [2.24, 2.45) is 0 Å². The molecule has 2 heterocycles. The fraction of sp³-hybridized carbons (Fsp3) is 0.316. The Kier molecular flexibility index (Phi) is 4.54. The van der Waals surface area contributed by atoms with Crippen molar-refractivity contribution in [3.05, 3.63) is 52.1 Å². The van der Waals surface area contributed by atoms with Crippen molar-refractivity contribution in [3.63, 3.8) is 0 Å². The van der Waals surface area contributed by atoms with Gasteiger partial charge in [-0.25, -0.2) is 4.79 Å². The number of amides is 1. The highest BCUT2D eigenvalue weighted by atomic mass is 16.5. The van der Waals surface area contributed by atoms with Crippen LogP contribution in [-0.4, -0.2) is 17.7 Å². The minimum absolute atomic E-state index is 0.134. The molecule has 0 bridgehead atoms. The molecule has 0 spiro atoms. The van der Waals surface area contributed by atoms with Crippen LogP contribution in [0.5, 0.6) is 5.75 Å². The maximum absolute atomic E-state index is 12.5. The number of hydrogen-bond acceptors (Lipinski definition) is 6. The van der Waals surface area contributed by atoms with Gasteiger partial charge < -0.3 is 19.0 Å². The molecule has 0 saturated heterocycles. The Balaban J connectivity index is 1.95. The second kappa shape index (κ2) is 6.67. The number of hydrogen-bond donors (Lipinski definition) is 1. The fourth-order valence-electron chi connectivity index (χ4n) is 2.42. The van der Waals surface area contributed by atoms with Crippen LogP contribution in [0.15, 0.2) is 44.1 Å². The second-order valence-electron chi connectivity index (χ2n) is 6.83. The standard InChI is InChI=1S/C19H20N2O5/c1-5-24-13-7-6-8-14-11(13)9-12(18(23)25-14)17(22)20-16-10-15(26-21-16)19(2,3)4/h6-10H,5H2,1-4H3,(H,20,21,22). The van der Waals surface area contributed by atoms with Crippen molar-refractivity contribution < 1.29 is 18.5 Å². The number of ether oxygens (including phenoxy) is 1. The van der Waals surface area contributed by atoms with Gasteiger partial charge in [0, 0.05) is 11.5 Å². The van der Waals surface area contributed by atoms with Gasteiger partial charge >= 0.3 is 5.63 Å². The second-order valence-corrected chi connectivity index (χ2v) is 6.83. The summed E-state index contributed by atoms with van der Waals surface area (Å²) in [4.78, 5) is 24.7. The number of carbonyl (C=O) groups is 1. The maximum Gasteiger partial charge on any atom is 0.349 e. The van der Waals surface area contributed by atoms with E-state index >= 15 is 0 Å². The molecule has 0 aliphatic heterocycles. The zero-order chi connectivity index (χ0) is 18.9. The molecular formula is C19H20N2O5. The number of carbonyl (C=O) groups excluding carboxylic acids is 1. The third-order valence-corrected chi connectivity index (χ3v) is 3.77. The van der Waals surface area contributed by atoms with Gasteiger partial charge in [-0.1, -0.05) is 32.0 Å². The minimum atomic E-state index is -0.733. The van der Waals surface area contributed by atoms with E-state index in [-0.39, 0.29) is 16.8 Å². The average molecular weight is 356 g/mol. The number of aromatic nitrogens is 1. The molecule has 0 aliphatic rings. The van der Waals surface area contributed by atoms with Crippen LogP contribution in [0.2, 0.25) is 0 Å². The number of rotatable bonds is 4. The Hall–Kier alpha value is -3.09. The van der Waals surface area contributed by atoms with Crippen molar-refractivity contribution in [2.75, 3.05) is 11.9 Å². The molecule has 2 aromatic heterocycles. The summed E-state index contributed by atoms with van der Waals surface area (Å²) in [6.07, 6.45) is 0. The highest BCUT2D eigenvalue weighted by Gasteiger charge is 2.22. The SMILES string of the molecule is CCOc1cccc2oc(=O)c(C(=O)Nc3cc(C(C)(C)C)on3)cc12. The van der Waals surface area contributed by atoms with E-state index in [9.17, 15) is 9.59 Å². The van der Waals surface area contributed by atoms with E-state index in [4.69, 9.17) is 13.7 Å². The summed E-state index contributed by atoms with van der Waals surface area (Å²) < 4.78 is 16.0. The summed E-state index contributed by atoms with van der Waals surface area (Å²) >= 11 is 0. The maximum atomic E-state index is 12.5. The predicted octanol–water partition coefficient (Wildman–Crippen LogP) is 3.73. The Morgan fingerprint density at radius 3 is 2.69 bits per heavy atom. The highest BCUT2D eigenvalue weighted by molar-refractivity contribution is 6.05. The molecule has 1 aromatic carbocycles. The molecule has 0 unspecified atom stereocenters. The molecule has 3 rings (SSSR count). The van der Waals surface area contributed by atoms with Crippen LogP contribution in [0, 0.1) is 0 Å². The summed E-state index contributed by atoms with van der Waals surface area (Å²) in [6.45, 7) is 8.20. The smallest absolute Gasteiger partial charge is 0.349 e. The van der Waals surface area contributed by atoms with Crippen molar-refractivity contribution >= 4 is 22.7 Å². The number of nitrogens with zero attached hydrogens (tertiary/aromatic N) is 1. The lowest BCUT2D eigenvalue weighted by atomic mass is 9.93. The summed E-state index contributed by atoms with van der Waals surface area (Å²) in [5.41, 5.74) is -0.758. The lowest BCUT2D eigenvalue weighted by molar-refractivity contribution is 0.102. The van der Waals surface area contributed by atoms with E-state index in [0.29, 0.717) is 29.1 Å². The van der Waals surface area contributed by atoms with Crippen molar-refractivity contribution in [1.29, 1.82) is 0 Å². The van der Waals surface area contributed by atoms with Crippen molar-refractivity contribution in [1.82, 2.24) is 5.16 Å². The molecule has 26 heavy (non-hydrogen) atoms.